The summed E-state index contributed by atoms with van der Waals surface area (Å²) in [4.78, 5) is 12.3. The summed E-state index contributed by atoms with van der Waals surface area (Å²) in [6, 6.07) is 16.9. The zero-order valence-electron chi connectivity index (χ0n) is 12.6. The molecule has 0 fully saturated rings. The van der Waals surface area contributed by atoms with E-state index in [9.17, 15) is 4.79 Å². The van der Waals surface area contributed by atoms with Crippen molar-refractivity contribution < 1.29 is 4.79 Å². The van der Waals surface area contributed by atoms with Crippen LogP contribution in [0.5, 0.6) is 0 Å². The van der Waals surface area contributed by atoms with Gasteiger partial charge in [-0.05, 0) is 54.9 Å². The Kier molecular flexibility index (Phi) is 4.49. The summed E-state index contributed by atoms with van der Waals surface area (Å²) in [5.74, 6) is -0.137. The van der Waals surface area contributed by atoms with Gasteiger partial charge in [0, 0.05) is 23.6 Å². The number of carbonyl (C=O) groups is 1. The lowest BCUT2D eigenvalue weighted by Gasteiger charge is -2.08. The molecule has 1 aromatic heterocycles. The lowest BCUT2D eigenvalue weighted by atomic mass is 10.1. The van der Waals surface area contributed by atoms with E-state index >= 15 is 0 Å². The summed E-state index contributed by atoms with van der Waals surface area (Å²) < 4.78 is 1.75. The summed E-state index contributed by atoms with van der Waals surface area (Å²) in [5, 5.41) is 7.09. The number of benzene rings is 2. The van der Waals surface area contributed by atoms with E-state index in [1.807, 2.05) is 60.8 Å². The largest absolute Gasteiger partial charge is 0.330 e. The molecule has 0 bridgehead atoms. The molecule has 0 atom stereocenters. The monoisotopic (exact) mass is 306 g/mol. The van der Waals surface area contributed by atoms with Gasteiger partial charge in [-0.3, -0.25) is 4.79 Å². The van der Waals surface area contributed by atoms with Gasteiger partial charge in [-0.1, -0.05) is 18.2 Å². The summed E-state index contributed by atoms with van der Waals surface area (Å²) >= 11 is 0. The van der Waals surface area contributed by atoms with Crippen molar-refractivity contribution in [3.63, 3.8) is 0 Å². The molecule has 1 amide bonds. The summed E-state index contributed by atoms with van der Waals surface area (Å²) in [6.45, 7) is 0.603. The number of hydrogen-bond donors (Lipinski definition) is 2. The third-order valence-corrected chi connectivity index (χ3v) is 3.52. The fraction of sp³-hybridized carbons (Fsp3) is 0.111. The highest BCUT2D eigenvalue weighted by atomic mass is 16.1. The summed E-state index contributed by atoms with van der Waals surface area (Å²) in [5.41, 5.74) is 8.90. The molecule has 0 saturated heterocycles. The predicted molar refractivity (Wildman–Crippen MR) is 90.7 cm³/mol. The molecule has 3 N–H and O–H groups in total. The van der Waals surface area contributed by atoms with Gasteiger partial charge >= 0.3 is 0 Å². The minimum Gasteiger partial charge on any atom is -0.330 e. The maximum atomic E-state index is 12.3. The van der Waals surface area contributed by atoms with Gasteiger partial charge in [-0.2, -0.15) is 5.10 Å². The smallest absolute Gasteiger partial charge is 0.255 e. The van der Waals surface area contributed by atoms with Crippen LogP contribution in [0.1, 0.15) is 15.9 Å². The van der Waals surface area contributed by atoms with Gasteiger partial charge in [0.15, 0.2) is 0 Å². The molecule has 0 aliphatic heterocycles. The molecule has 5 heteroatoms. The number of hydrogen-bond acceptors (Lipinski definition) is 3. The molecule has 3 rings (SSSR count). The van der Waals surface area contributed by atoms with Crippen LogP contribution in [0.2, 0.25) is 0 Å². The highest BCUT2D eigenvalue weighted by Gasteiger charge is 2.07. The molecule has 0 aliphatic carbocycles. The predicted octanol–water partition coefficient (Wildman–Crippen LogP) is 2.63. The van der Waals surface area contributed by atoms with Crippen LogP contribution in [0.15, 0.2) is 67.0 Å². The second kappa shape index (κ2) is 6.89. The quantitative estimate of drug-likeness (QED) is 0.761. The first-order valence-electron chi connectivity index (χ1n) is 7.47. The number of nitrogens with zero attached hydrogens (tertiary/aromatic N) is 2. The van der Waals surface area contributed by atoms with Crippen LogP contribution < -0.4 is 11.1 Å². The van der Waals surface area contributed by atoms with Crippen LogP contribution in [-0.2, 0) is 6.42 Å². The van der Waals surface area contributed by atoms with E-state index in [-0.39, 0.29) is 5.91 Å². The van der Waals surface area contributed by atoms with Crippen molar-refractivity contribution in [2.24, 2.45) is 5.73 Å². The molecule has 23 heavy (non-hydrogen) atoms. The van der Waals surface area contributed by atoms with Crippen LogP contribution in [0.25, 0.3) is 5.69 Å². The van der Waals surface area contributed by atoms with Crippen LogP contribution in [0.4, 0.5) is 5.69 Å². The molecule has 0 radical (unpaired) electrons. The topological polar surface area (TPSA) is 72.9 Å². The minimum atomic E-state index is -0.137. The SMILES string of the molecule is NCCc1ccc(C(=O)Nc2cccc(-n3cccn3)c2)cc1. The molecule has 0 unspecified atom stereocenters. The molecule has 2 aromatic carbocycles. The molecule has 0 spiro atoms. The summed E-state index contributed by atoms with van der Waals surface area (Å²) in [7, 11) is 0. The zero-order chi connectivity index (χ0) is 16.1. The van der Waals surface area contributed by atoms with E-state index in [0.29, 0.717) is 12.1 Å². The zero-order valence-corrected chi connectivity index (χ0v) is 12.6. The first kappa shape index (κ1) is 15.0. The molecule has 3 aromatic rings. The van der Waals surface area contributed by atoms with E-state index < -0.39 is 0 Å². The Balaban J connectivity index is 1.73. The standard InChI is InChI=1S/C18H18N4O/c19-10-9-14-5-7-15(8-6-14)18(23)21-16-3-1-4-17(13-16)22-12-2-11-20-22/h1-8,11-13H,9-10,19H2,(H,21,23). The van der Waals surface area contributed by atoms with E-state index in [1.165, 1.54) is 0 Å². The number of amides is 1. The number of anilines is 1. The van der Waals surface area contributed by atoms with Gasteiger partial charge < -0.3 is 11.1 Å². The molecular weight excluding hydrogens is 288 g/mol. The van der Waals surface area contributed by atoms with E-state index in [2.05, 4.69) is 10.4 Å². The van der Waals surface area contributed by atoms with Crippen LogP contribution >= 0.6 is 0 Å². The van der Waals surface area contributed by atoms with Gasteiger partial charge in [0.2, 0.25) is 0 Å². The van der Waals surface area contributed by atoms with Gasteiger partial charge in [0.1, 0.15) is 0 Å². The first-order chi connectivity index (χ1) is 11.3. The van der Waals surface area contributed by atoms with Gasteiger partial charge in [0.25, 0.3) is 5.91 Å². The Bertz CT molecular complexity index is 779. The minimum absolute atomic E-state index is 0.137. The molecule has 116 valence electrons. The third-order valence-electron chi connectivity index (χ3n) is 3.52. The molecule has 0 aliphatic rings. The fourth-order valence-corrected chi connectivity index (χ4v) is 2.34. The Labute approximate surface area is 134 Å². The highest BCUT2D eigenvalue weighted by molar-refractivity contribution is 6.04. The molecular formula is C18H18N4O. The van der Waals surface area contributed by atoms with Crippen molar-refractivity contribution in [2.75, 3.05) is 11.9 Å². The Hall–Kier alpha value is -2.92. The van der Waals surface area contributed by atoms with Gasteiger partial charge in [-0.25, -0.2) is 4.68 Å². The second-order valence-corrected chi connectivity index (χ2v) is 5.19. The van der Waals surface area contributed by atoms with Crippen LogP contribution in [-0.4, -0.2) is 22.2 Å². The normalized spacial score (nSPS) is 10.5. The van der Waals surface area contributed by atoms with E-state index in [0.717, 1.165) is 23.4 Å². The highest BCUT2D eigenvalue weighted by Crippen LogP contribution is 2.15. The number of nitrogens with one attached hydrogen (secondary N) is 1. The Morgan fingerprint density at radius 1 is 1.13 bits per heavy atom. The average molecular weight is 306 g/mol. The van der Waals surface area contributed by atoms with Crippen LogP contribution in [0, 0.1) is 0 Å². The van der Waals surface area contributed by atoms with Crippen LogP contribution in [0.3, 0.4) is 0 Å². The maximum Gasteiger partial charge on any atom is 0.255 e. The van der Waals surface area contributed by atoms with Gasteiger partial charge in [0.05, 0.1) is 5.69 Å². The second-order valence-electron chi connectivity index (χ2n) is 5.19. The fourth-order valence-electron chi connectivity index (χ4n) is 2.34. The number of aromatic nitrogens is 2. The average Bonchev–Trinajstić information content (AvgIpc) is 3.11. The Morgan fingerprint density at radius 2 is 1.96 bits per heavy atom. The number of rotatable bonds is 5. The third kappa shape index (κ3) is 3.64. The van der Waals surface area contributed by atoms with Crippen molar-refractivity contribution in [2.45, 2.75) is 6.42 Å². The lowest BCUT2D eigenvalue weighted by molar-refractivity contribution is 0.102. The van der Waals surface area contributed by atoms with E-state index in [4.69, 9.17) is 5.73 Å². The molecule has 1 heterocycles. The summed E-state index contributed by atoms with van der Waals surface area (Å²) in [6.07, 6.45) is 4.39. The first-order valence-corrected chi connectivity index (χ1v) is 7.47. The lowest BCUT2D eigenvalue weighted by Crippen LogP contribution is -2.12. The van der Waals surface area contributed by atoms with Gasteiger partial charge in [-0.15, -0.1) is 0 Å². The number of carbonyl (C=O) groups excluding carboxylic acids is 1. The van der Waals surface area contributed by atoms with Crippen molar-refractivity contribution in [3.8, 4) is 5.69 Å². The Morgan fingerprint density at radius 3 is 2.65 bits per heavy atom. The van der Waals surface area contributed by atoms with Crippen molar-refractivity contribution in [3.05, 3.63) is 78.1 Å². The van der Waals surface area contributed by atoms with Crippen molar-refractivity contribution >= 4 is 11.6 Å². The molecule has 5 nitrogen and oxygen atoms in total. The van der Waals surface area contributed by atoms with Crippen molar-refractivity contribution in [1.29, 1.82) is 0 Å². The van der Waals surface area contributed by atoms with E-state index in [1.54, 1.807) is 10.9 Å². The number of nitrogens with two attached hydrogens (primary N) is 1. The molecule has 0 saturated carbocycles. The van der Waals surface area contributed by atoms with Crippen molar-refractivity contribution in [1.82, 2.24) is 9.78 Å². The maximum absolute atomic E-state index is 12.3.